The summed E-state index contributed by atoms with van der Waals surface area (Å²) in [5.41, 5.74) is 7.51. The molecule has 11 nitrogen and oxygen atoms in total. The van der Waals surface area contributed by atoms with Gasteiger partial charge in [-0.3, -0.25) is 19.8 Å². The van der Waals surface area contributed by atoms with E-state index in [1.165, 1.54) is 6.07 Å². The van der Waals surface area contributed by atoms with Crippen molar-refractivity contribution in [2.24, 2.45) is 0 Å². The average molecular weight is 550 g/mol. The minimum atomic E-state index is -0.978. The van der Waals surface area contributed by atoms with Gasteiger partial charge in [-0.15, -0.1) is 0 Å². The predicted molar refractivity (Wildman–Crippen MR) is 152 cm³/mol. The molecule has 4 rings (SSSR count). The average Bonchev–Trinajstić information content (AvgIpc) is 2.94. The Morgan fingerprint density at radius 3 is 2.40 bits per heavy atom. The highest BCUT2D eigenvalue weighted by atomic mass is 19.1. The van der Waals surface area contributed by atoms with Crippen LogP contribution < -0.4 is 16.4 Å². The van der Waals surface area contributed by atoms with E-state index in [1.807, 2.05) is 0 Å². The maximum atomic E-state index is 13.8. The maximum Gasteiger partial charge on any atom is 0.322 e. The molecule has 3 aromatic carbocycles. The molecule has 1 aliphatic heterocycles. The van der Waals surface area contributed by atoms with E-state index in [9.17, 15) is 24.1 Å². The summed E-state index contributed by atoms with van der Waals surface area (Å²) >= 11 is 0. The minimum absolute atomic E-state index is 0.120. The second-order valence-electron chi connectivity index (χ2n) is 9.66. The quantitative estimate of drug-likeness (QED) is 0.209. The van der Waals surface area contributed by atoms with Gasteiger partial charge in [0.25, 0.3) is 5.91 Å². The summed E-state index contributed by atoms with van der Waals surface area (Å²) in [6, 6.07) is 16.6. The van der Waals surface area contributed by atoms with Crippen molar-refractivity contribution in [3.63, 3.8) is 0 Å². The van der Waals surface area contributed by atoms with E-state index in [-0.39, 0.29) is 18.1 Å². The number of likely N-dealkylation sites (N-methyl/N-ethyl adjacent to an activating group) is 1. The standard InChI is InChI=1S/C28H32FN7O4/c1-33-12-14-34(15-13-33)16-17-35(28(38)31-22-10-11-23(29)26(18-22)36(39)40)19-20-6-8-21(9-7-20)27(37)32-25-5-3-2-4-24(25)30/h2-11,18H,12-17,19,30H2,1H3,(H,31,38)(H,32,37). The lowest BCUT2D eigenvalue weighted by Gasteiger charge is -2.34. The number of piperazine rings is 1. The lowest BCUT2D eigenvalue weighted by atomic mass is 10.1. The first-order valence-electron chi connectivity index (χ1n) is 12.8. The molecule has 0 radical (unpaired) electrons. The van der Waals surface area contributed by atoms with Gasteiger partial charge in [0.05, 0.1) is 16.3 Å². The number of para-hydroxylation sites is 2. The van der Waals surface area contributed by atoms with Crippen LogP contribution in [0, 0.1) is 15.9 Å². The lowest BCUT2D eigenvalue weighted by Crippen LogP contribution is -2.48. The largest absolute Gasteiger partial charge is 0.397 e. The molecular weight excluding hydrogens is 517 g/mol. The molecule has 0 aromatic heterocycles. The number of carbonyl (C=O) groups excluding carboxylic acids is 2. The topological polar surface area (TPSA) is 137 Å². The van der Waals surface area contributed by atoms with E-state index in [0.717, 1.165) is 43.9 Å². The van der Waals surface area contributed by atoms with Gasteiger partial charge in [0.1, 0.15) is 0 Å². The summed E-state index contributed by atoms with van der Waals surface area (Å²) in [5, 5.41) is 16.6. The number of nitro benzene ring substituents is 1. The number of nitrogen functional groups attached to an aromatic ring is 1. The van der Waals surface area contributed by atoms with E-state index in [2.05, 4.69) is 27.5 Å². The van der Waals surface area contributed by atoms with Gasteiger partial charge in [-0.25, -0.2) is 4.79 Å². The Morgan fingerprint density at radius 2 is 1.73 bits per heavy atom. The predicted octanol–water partition coefficient (Wildman–Crippen LogP) is 3.85. The van der Waals surface area contributed by atoms with Crippen molar-refractivity contribution in [1.82, 2.24) is 14.7 Å². The Balaban J connectivity index is 1.46. The van der Waals surface area contributed by atoms with Gasteiger partial charge < -0.3 is 26.2 Å². The second-order valence-corrected chi connectivity index (χ2v) is 9.66. The summed E-state index contributed by atoms with van der Waals surface area (Å²) in [5.74, 6) is -1.29. The van der Waals surface area contributed by atoms with Crippen molar-refractivity contribution in [2.45, 2.75) is 6.54 Å². The molecule has 1 saturated heterocycles. The van der Waals surface area contributed by atoms with Crippen LogP contribution in [-0.4, -0.2) is 77.9 Å². The molecule has 3 amide bonds. The summed E-state index contributed by atoms with van der Waals surface area (Å²) in [6.45, 7) is 4.90. The first-order valence-corrected chi connectivity index (χ1v) is 12.8. The molecule has 0 spiro atoms. The number of anilines is 3. The fourth-order valence-electron chi connectivity index (χ4n) is 4.31. The van der Waals surface area contributed by atoms with Crippen LogP contribution in [0.5, 0.6) is 0 Å². The third-order valence-corrected chi connectivity index (χ3v) is 6.76. The number of benzene rings is 3. The van der Waals surface area contributed by atoms with Crippen molar-refractivity contribution in [2.75, 3.05) is 62.7 Å². The van der Waals surface area contributed by atoms with Gasteiger partial charge >= 0.3 is 11.7 Å². The highest BCUT2D eigenvalue weighted by Crippen LogP contribution is 2.22. The zero-order valence-corrected chi connectivity index (χ0v) is 22.2. The first kappa shape index (κ1) is 28.5. The van der Waals surface area contributed by atoms with E-state index in [1.54, 1.807) is 53.4 Å². The second kappa shape index (κ2) is 13.0. The summed E-state index contributed by atoms with van der Waals surface area (Å²) in [4.78, 5) is 42.4. The molecule has 3 aromatic rings. The Labute approximate surface area is 231 Å². The molecule has 0 bridgehead atoms. The molecule has 0 atom stereocenters. The zero-order chi connectivity index (χ0) is 28.6. The number of nitrogens with zero attached hydrogens (tertiary/aromatic N) is 4. The van der Waals surface area contributed by atoms with E-state index < -0.39 is 22.5 Å². The number of carbonyl (C=O) groups is 2. The highest BCUT2D eigenvalue weighted by molar-refractivity contribution is 6.05. The van der Waals surface area contributed by atoms with E-state index >= 15 is 0 Å². The maximum absolute atomic E-state index is 13.8. The summed E-state index contributed by atoms with van der Waals surface area (Å²) < 4.78 is 13.8. The summed E-state index contributed by atoms with van der Waals surface area (Å²) in [6.07, 6.45) is 0. The number of nitro groups is 1. The molecule has 210 valence electrons. The lowest BCUT2D eigenvalue weighted by molar-refractivity contribution is -0.387. The Kier molecular flexibility index (Phi) is 9.25. The Hall–Kier alpha value is -4.55. The minimum Gasteiger partial charge on any atom is -0.397 e. The normalized spacial score (nSPS) is 13.9. The molecule has 0 saturated carbocycles. The molecule has 1 aliphatic rings. The molecular formula is C28H32FN7O4. The van der Waals surface area contributed by atoms with Crippen molar-refractivity contribution >= 4 is 34.7 Å². The summed E-state index contributed by atoms with van der Waals surface area (Å²) in [7, 11) is 2.07. The smallest absolute Gasteiger partial charge is 0.322 e. The third-order valence-electron chi connectivity index (χ3n) is 6.76. The number of amides is 3. The number of nitrogens with two attached hydrogens (primary N) is 1. The Morgan fingerprint density at radius 1 is 1.02 bits per heavy atom. The molecule has 12 heteroatoms. The van der Waals surface area contributed by atoms with Gasteiger partial charge in [0.15, 0.2) is 0 Å². The Bertz CT molecular complexity index is 1360. The van der Waals surface area contributed by atoms with Crippen LogP contribution in [0.3, 0.4) is 0 Å². The highest BCUT2D eigenvalue weighted by Gasteiger charge is 2.21. The van der Waals surface area contributed by atoms with Crippen LogP contribution in [-0.2, 0) is 6.54 Å². The van der Waals surface area contributed by atoms with Gasteiger partial charge in [-0.1, -0.05) is 24.3 Å². The van der Waals surface area contributed by atoms with Gasteiger partial charge in [-0.2, -0.15) is 4.39 Å². The van der Waals surface area contributed by atoms with Crippen LogP contribution >= 0.6 is 0 Å². The molecule has 4 N–H and O–H groups in total. The monoisotopic (exact) mass is 549 g/mol. The van der Waals surface area contributed by atoms with E-state index in [0.29, 0.717) is 30.0 Å². The van der Waals surface area contributed by atoms with Crippen molar-refractivity contribution in [1.29, 1.82) is 0 Å². The van der Waals surface area contributed by atoms with E-state index in [4.69, 9.17) is 5.73 Å². The number of hydrogen-bond donors (Lipinski definition) is 3. The van der Waals surface area contributed by atoms with Gasteiger partial charge in [0.2, 0.25) is 5.82 Å². The number of halogens is 1. The fraction of sp³-hybridized carbons (Fsp3) is 0.286. The molecule has 0 aliphatic carbocycles. The van der Waals surface area contributed by atoms with Gasteiger partial charge in [-0.05, 0) is 49.0 Å². The van der Waals surface area contributed by atoms with Crippen LogP contribution in [0.2, 0.25) is 0 Å². The number of rotatable bonds is 9. The molecule has 40 heavy (non-hydrogen) atoms. The third kappa shape index (κ3) is 7.52. The van der Waals surface area contributed by atoms with Crippen LogP contribution in [0.4, 0.5) is 31.9 Å². The first-order chi connectivity index (χ1) is 19.2. The van der Waals surface area contributed by atoms with Crippen LogP contribution in [0.1, 0.15) is 15.9 Å². The number of nitrogens with one attached hydrogen (secondary N) is 2. The van der Waals surface area contributed by atoms with Crippen molar-refractivity contribution < 1.29 is 18.9 Å². The molecule has 0 unspecified atom stereocenters. The zero-order valence-electron chi connectivity index (χ0n) is 22.2. The molecule has 1 fully saturated rings. The number of hydrogen-bond acceptors (Lipinski definition) is 7. The fourth-order valence-corrected chi connectivity index (χ4v) is 4.31. The SMILES string of the molecule is CN1CCN(CCN(Cc2ccc(C(=O)Nc3ccccc3N)cc2)C(=O)Nc2ccc(F)c([N+](=O)[O-])c2)CC1. The van der Waals surface area contributed by atoms with Crippen molar-refractivity contribution in [3.05, 3.63) is 93.8 Å². The number of urea groups is 1. The van der Waals surface area contributed by atoms with Crippen LogP contribution in [0.15, 0.2) is 66.7 Å². The van der Waals surface area contributed by atoms with Crippen LogP contribution in [0.25, 0.3) is 0 Å². The van der Waals surface area contributed by atoms with Gasteiger partial charge in [0, 0.05) is 63.1 Å². The van der Waals surface area contributed by atoms with Crippen molar-refractivity contribution in [3.8, 4) is 0 Å². The molecule has 1 heterocycles.